The van der Waals surface area contributed by atoms with Gasteiger partial charge in [-0.05, 0) is 12.2 Å². The molecule has 0 aliphatic carbocycles. The predicted octanol–water partition coefficient (Wildman–Crippen LogP) is -0.744. The molecular weight excluding hydrogens is 90.1 g/mol. The van der Waals surface area contributed by atoms with Crippen molar-refractivity contribution in [2.24, 2.45) is 0 Å². The van der Waals surface area contributed by atoms with Gasteiger partial charge in [-0.1, -0.05) is 0 Å². The maximum Gasteiger partial charge on any atom is 0.107 e. The van der Waals surface area contributed by atoms with Crippen molar-refractivity contribution in [3.05, 3.63) is 29.6 Å². The molecule has 1 rings (SSSR count). The zero-order chi connectivity index (χ0) is 5.11. The Hall–Kier alpha value is -0.600. The average molecular weight is 96.1 g/mol. The summed E-state index contributed by atoms with van der Waals surface area (Å²) in [6, 6.07) is 0. The Morgan fingerprint density at radius 1 is 1.71 bits per heavy atom. The summed E-state index contributed by atoms with van der Waals surface area (Å²) in [5, 5.41) is 10.4. The second-order valence-electron chi connectivity index (χ2n) is 1.37. The van der Waals surface area contributed by atoms with Crippen LogP contribution in [0.15, 0.2) is 18.4 Å². The number of hydroxylamine groups is 2. The van der Waals surface area contributed by atoms with Crippen LogP contribution in [0.4, 0.5) is 0 Å². The van der Waals surface area contributed by atoms with Crippen LogP contribution in [0.1, 0.15) is 0 Å². The molecule has 2 nitrogen and oxygen atoms in total. The highest BCUT2D eigenvalue weighted by molar-refractivity contribution is 4.97. The molecule has 1 radical (unpaired) electrons. The van der Waals surface area contributed by atoms with Crippen molar-refractivity contribution < 1.29 is 5.06 Å². The molecule has 37 valence electrons. The van der Waals surface area contributed by atoms with Crippen LogP contribution in [0, 0.1) is 11.3 Å². The Morgan fingerprint density at radius 3 is 2.86 bits per heavy atom. The zero-order valence-corrected chi connectivity index (χ0v) is 3.85. The normalized spacial score (nSPS) is 28.4. The molecule has 1 aliphatic rings. The molecule has 0 aromatic rings. The standard InChI is InChI=1S/C5H6NO/c7-6-4-2-1-3-5-6/h1-2,4,6H,5H2. The molecule has 0 amide bonds. The zero-order valence-electron chi connectivity index (χ0n) is 3.85. The molecule has 1 heterocycles. The summed E-state index contributed by atoms with van der Waals surface area (Å²) >= 11 is 0. The molecule has 1 atom stereocenters. The SMILES string of the molecule is [O-][NH+]1C=CC=[C]C1. The Morgan fingerprint density at radius 2 is 2.57 bits per heavy atom. The van der Waals surface area contributed by atoms with Crippen molar-refractivity contribution in [2.75, 3.05) is 6.54 Å². The van der Waals surface area contributed by atoms with Gasteiger partial charge in [0.25, 0.3) is 0 Å². The van der Waals surface area contributed by atoms with E-state index in [2.05, 4.69) is 6.08 Å². The van der Waals surface area contributed by atoms with Gasteiger partial charge in [0.15, 0.2) is 0 Å². The third-order valence-corrected chi connectivity index (χ3v) is 0.772. The highest BCUT2D eigenvalue weighted by atomic mass is 16.5. The van der Waals surface area contributed by atoms with Gasteiger partial charge in [-0.2, -0.15) is 0 Å². The molecule has 0 aromatic heterocycles. The lowest BCUT2D eigenvalue weighted by molar-refractivity contribution is -0.786. The first-order valence-corrected chi connectivity index (χ1v) is 2.16. The van der Waals surface area contributed by atoms with Crippen molar-refractivity contribution in [1.29, 1.82) is 0 Å². The molecule has 0 spiro atoms. The fourth-order valence-corrected chi connectivity index (χ4v) is 0.442. The highest BCUT2D eigenvalue weighted by Gasteiger charge is 1.88. The summed E-state index contributed by atoms with van der Waals surface area (Å²) in [7, 11) is 0. The Kier molecular flexibility index (Phi) is 1.24. The minimum atomic E-state index is 0.141. The molecule has 2 heteroatoms. The van der Waals surface area contributed by atoms with E-state index < -0.39 is 0 Å². The largest absolute Gasteiger partial charge is 0.629 e. The number of hydrogen-bond acceptors (Lipinski definition) is 1. The Labute approximate surface area is 42.3 Å². The highest BCUT2D eigenvalue weighted by Crippen LogP contribution is 1.72. The van der Waals surface area contributed by atoms with Gasteiger partial charge in [0.1, 0.15) is 6.54 Å². The van der Waals surface area contributed by atoms with Gasteiger partial charge in [0.05, 0.1) is 6.20 Å². The number of quaternary nitrogens is 1. The van der Waals surface area contributed by atoms with Gasteiger partial charge in [0.2, 0.25) is 0 Å². The molecule has 1 aliphatic heterocycles. The molecule has 0 saturated heterocycles. The van der Waals surface area contributed by atoms with E-state index in [-0.39, 0.29) is 5.06 Å². The van der Waals surface area contributed by atoms with Crippen LogP contribution < -0.4 is 5.06 Å². The maximum absolute atomic E-state index is 10.3. The van der Waals surface area contributed by atoms with Crippen LogP contribution in [-0.2, 0) is 0 Å². The minimum Gasteiger partial charge on any atom is -0.629 e. The summed E-state index contributed by atoms with van der Waals surface area (Å²) in [5.41, 5.74) is 0. The van der Waals surface area contributed by atoms with E-state index in [9.17, 15) is 5.21 Å². The summed E-state index contributed by atoms with van der Waals surface area (Å²) in [6.07, 6.45) is 7.78. The first-order chi connectivity index (χ1) is 3.39. The van der Waals surface area contributed by atoms with E-state index in [4.69, 9.17) is 0 Å². The number of allylic oxidation sites excluding steroid dienone is 2. The van der Waals surface area contributed by atoms with Crippen molar-refractivity contribution in [3.63, 3.8) is 0 Å². The summed E-state index contributed by atoms with van der Waals surface area (Å²) < 4.78 is 0. The molecule has 0 bridgehead atoms. The summed E-state index contributed by atoms with van der Waals surface area (Å²) in [6.45, 7) is 0.455. The topological polar surface area (TPSA) is 27.5 Å². The van der Waals surface area contributed by atoms with E-state index in [1.165, 1.54) is 0 Å². The second-order valence-corrected chi connectivity index (χ2v) is 1.37. The van der Waals surface area contributed by atoms with Crippen LogP contribution in [0.25, 0.3) is 0 Å². The van der Waals surface area contributed by atoms with Crippen LogP contribution >= 0.6 is 0 Å². The molecule has 1 unspecified atom stereocenters. The summed E-state index contributed by atoms with van der Waals surface area (Å²) in [4.78, 5) is 0. The maximum atomic E-state index is 10.3. The third-order valence-electron chi connectivity index (χ3n) is 0.772. The van der Waals surface area contributed by atoms with Crippen molar-refractivity contribution in [3.8, 4) is 0 Å². The van der Waals surface area contributed by atoms with E-state index in [0.29, 0.717) is 6.54 Å². The van der Waals surface area contributed by atoms with E-state index in [1.807, 2.05) is 0 Å². The van der Waals surface area contributed by atoms with Gasteiger partial charge < -0.3 is 10.3 Å². The third kappa shape index (κ3) is 1.14. The van der Waals surface area contributed by atoms with Gasteiger partial charge in [-0.15, -0.1) is 0 Å². The molecule has 0 saturated carbocycles. The molecule has 1 N–H and O–H groups in total. The lowest BCUT2D eigenvalue weighted by atomic mass is 10.4. The molecular formula is C5H6NO. The van der Waals surface area contributed by atoms with Crippen LogP contribution in [0.5, 0.6) is 0 Å². The van der Waals surface area contributed by atoms with Gasteiger partial charge in [0, 0.05) is 6.08 Å². The predicted molar refractivity (Wildman–Crippen MR) is 26.1 cm³/mol. The quantitative estimate of drug-likeness (QED) is 0.395. The molecule has 0 aromatic carbocycles. The van der Waals surface area contributed by atoms with Crippen molar-refractivity contribution in [2.45, 2.75) is 0 Å². The smallest absolute Gasteiger partial charge is 0.107 e. The second kappa shape index (κ2) is 1.91. The fraction of sp³-hybridized carbons (Fsp3) is 0.200. The van der Waals surface area contributed by atoms with Crippen molar-refractivity contribution >= 4 is 0 Å². The monoisotopic (exact) mass is 96.0 g/mol. The van der Waals surface area contributed by atoms with Crippen molar-refractivity contribution in [1.82, 2.24) is 0 Å². The van der Waals surface area contributed by atoms with Gasteiger partial charge >= 0.3 is 0 Å². The van der Waals surface area contributed by atoms with Gasteiger partial charge in [-0.25, -0.2) is 0 Å². The van der Waals surface area contributed by atoms with Crippen LogP contribution in [-0.4, -0.2) is 6.54 Å². The van der Waals surface area contributed by atoms with Crippen LogP contribution in [0.2, 0.25) is 0 Å². The molecule has 0 fully saturated rings. The fourth-order valence-electron chi connectivity index (χ4n) is 0.442. The summed E-state index contributed by atoms with van der Waals surface area (Å²) in [5.74, 6) is 0. The van der Waals surface area contributed by atoms with E-state index in [0.717, 1.165) is 0 Å². The number of hydrogen-bond donors (Lipinski definition) is 1. The lowest BCUT2D eigenvalue weighted by Gasteiger charge is -2.15. The first kappa shape index (κ1) is 4.56. The van der Waals surface area contributed by atoms with E-state index in [1.54, 1.807) is 18.4 Å². The molecule has 7 heavy (non-hydrogen) atoms. The average Bonchev–Trinajstić information content (AvgIpc) is 1.69. The minimum absolute atomic E-state index is 0.141. The lowest BCUT2D eigenvalue weighted by Crippen LogP contribution is -3.02. The number of nitrogens with one attached hydrogen (secondary N) is 1. The Balaban J connectivity index is 2.49. The number of rotatable bonds is 0. The van der Waals surface area contributed by atoms with Crippen LogP contribution in [0.3, 0.4) is 0 Å². The van der Waals surface area contributed by atoms with E-state index >= 15 is 0 Å². The first-order valence-electron chi connectivity index (χ1n) is 2.16. The Bertz CT molecular complexity index is 107. The van der Waals surface area contributed by atoms with Gasteiger partial charge in [-0.3, -0.25) is 0 Å².